The van der Waals surface area contributed by atoms with Gasteiger partial charge in [0.2, 0.25) is 11.9 Å². The van der Waals surface area contributed by atoms with E-state index in [1.165, 1.54) is 11.6 Å². The molecule has 0 saturated heterocycles. The lowest BCUT2D eigenvalue weighted by Gasteiger charge is -2.04. The number of nitrogens with zero attached hydrogens (tertiary/aromatic N) is 6. The van der Waals surface area contributed by atoms with Crippen LogP contribution in [0.2, 0.25) is 0 Å². The van der Waals surface area contributed by atoms with Gasteiger partial charge in [-0.1, -0.05) is 10.3 Å². The molecule has 0 atom stereocenters. The molecule has 10 nitrogen and oxygen atoms in total. The van der Waals surface area contributed by atoms with Gasteiger partial charge in [-0.2, -0.15) is 0 Å². The summed E-state index contributed by atoms with van der Waals surface area (Å²) in [5, 5.41) is 20.5. The number of anilines is 1. The molecule has 0 aliphatic rings. The molecule has 0 aliphatic heterocycles. The molecular weight excluding hydrogens is 242 g/mol. The number of carbonyl (C=O) groups is 1. The van der Waals surface area contributed by atoms with Crippen molar-refractivity contribution < 1.29 is 14.2 Å². The molecule has 10 heteroatoms. The molecule has 2 aromatic heterocycles. The maximum Gasteiger partial charge on any atom is 0.278 e. The van der Waals surface area contributed by atoms with Crippen LogP contribution in [0.15, 0.2) is 4.63 Å². The molecule has 96 valence electrons. The highest BCUT2D eigenvalue weighted by molar-refractivity contribution is 5.86. The van der Waals surface area contributed by atoms with Crippen LogP contribution in [0.5, 0.6) is 5.88 Å². The Morgan fingerprint density at radius 3 is 3.00 bits per heavy atom. The standard InChI is InChI=1S/C8H11N7O3/c1-5-7(12-18-11-5)17-4-3-15-8(9-6(2)16)10-13-14-15/h3-4H2,1-2H3,(H,9,10,14,16). The van der Waals surface area contributed by atoms with Gasteiger partial charge in [0.15, 0.2) is 0 Å². The van der Waals surface area contributed by atoms with Gasteiger partial charge in [-0.05, 0) is 22.5 Å². The third-order valence-electron chi connectivity index (χ3n) is 1.97. The number of hydrogen-bond acceptors (Lipinski definition) is 8. The van der Waals surface area contributed by atoms with E-state index in [2.05, 4.69) is 35.8 Å². The fourth-order valence-corrected chi connectivity index (χ4v) is 1.19. The van der Waals surface area contributed by atoms with Crippen molar-refractivity contribution in [2.24, 2.45) is 0 Å². The van der Waals surface area contributed by atoms with E-state index in [0.29, 0.717) is 18.1 Å². The van der Waals surface area contributed by atoms with Crippen molar-refractivity contribution in [1.82, 2.24) is 30.5 Å². The summed E-state index contributed by atoms with van der Waals surface area (Å²) >= 11 is 0. The number of aromatic nitrogens is 6. The molecule has 0 unspecified atom stereocenters. The third-order valence-corrected chi connectivity index (χ3v) is 1.97. The molecule has 2 rings (SSSR count). The summed E-state index contributed by atoms with van der Waals surface area (Å²) in [6.45, 7) is 3.72. The van der Waals surface area contributed by atoms with Crippen molar-refractivity contribution >= 4 is 11.9 Å². The number of hydrogen-bond donors (Lipinski definition) is 1. The van der Waals surface area contributed by atoms with Crippen LogP contribution in [-0.4, -0.2) is 43.0 Å². The van der Waals surface area contributed by atoms with Gasteiger partial charge >= 0.3 is 0 Å². The van der Waals surface area contributed by atoms with Crippen molar-refractivity contribution in [1.29, 1.82) is 0 Å². The highest BCUT2D eigenvalue weighted by Gasteiger charge is 2.09. The number of nitrogens with one attached hydrogen (secondary N) is 1. The zero-order chi connectivity index (χ0) is 13.0. The summed E-state index contributed by atoms with van der Waals surface area (Å²) in [5.74, 6) is 0.341. The predicted octanol–water partition coefficient (Wildman–Crippen LogP) is -0.598. The van der Waals surface area contributed by atoms with Crippen LogP contribution in [0.3, 0.4) is 0 Å². The highest BCUT2D eigenvalue weighted by Crippen LogP contribution is 2.10. The zero-order valence-electron chi connectivity index (χ0n) is 9.82. The Balaban J connectivity index is 1.89. The molecule has 0 spiro atoms. The average Bonchev–Trinajstić information content (AvgIpc) is 2.89. The fraction of sp³-hybridized carbons (Fsp3) is 0.500. The Labute approximate surface area is 101 Å². The Bertz CT molecular complexity index is 534. The van der Waals surface area contributed by atoms with Gasteiger partial charge in [0.1, 0.15) is 12.3 Å². The van der Waals surface area contributed by atoms with Crippen LogP contribution in [0.1, 0.15) is 12.6 Å². The summed E-state index contributed by atoms with van der Waals surface area (Å²) < 4.78 is 11.2. The van der Waals surface area contributed by atoms with Crippen LogP contribution in [0.4, 0.5) is 5.95 Å². The molecule has 0 saturated carbocycles. The number of rotatable bonds is 5. The van der Waals surface area contributed by atoms with E-state index < -0.39 is 0 Å². The van der Waals surface area contributed by atoms with Gasteiger partial charge in [-0.25, -0.2) is 9.31 Å². The number of ether oxygens (including phenoxy) is 1. The van der Waals surface area contributed by atoms with E-state index >= 15 is 0 Å². The largest absolute Gasteiger partial charge is 0.472 e. The molecule has 18 heavy (non-hydrogen) atoms. The Morgan fingerprint density at radius 2 is 2.33 bits per heavy atom. The second-order valence-corrected chi connectivity index (χ2v) is 3.41. The van der Waals surface area contributed by atoms with Gasteiger partial charge in [-0.15, -0.1) is 0 Å². The number of amides is 1. The van der Waals surface area contributed by atoms with Crippen LogP contribution < -0.4 is 10.1 Å². The molecule has 0 fully saturated rings. The zero-order valence-corrected chi connectivity index (χ0v) is 9.82. The van der Waals surface area contributed by atoms with Crippen LogP contribution in [-0.2, 0) is 11.3 Å². The first-order valence-corrected chi connectivity index (χ1v) is 5.12. The molecule has 2 heterocycles. The lowest BCUT2D eigenvalue weighted by Crippen LogP contribution is -2.16. The second-order valence-electron chi connectivity index (χ2n) is 3.41. The van der Waals surface area contributed by atoms with Crippen molar-refractivity contribution in [2.75, 3.05) is 11.9 Å². The van der Waals surface area contributed by atoms with Gasteiger partial charge < -0.3 is 4.74 Å². The Kier molecular flexibility index (Phi) is 3.46. The molecule has 0 bridgehead atoms. The fourth-order valence-electron chi connectivity index (χ4n) is 1.19. The smallest absolute Gasteiger partial charge is 0.278 e. The quantitative estimate of drug-likeness (QED) is 0.749. The molecule has 1 N–H and O–H groups in total. The van der Waals surface area contributed by atoms with E-state index in [1.807, 2.05) is 0 Å². The SMILES string of the molecule is CC(=O)Nc1nnnn1CCOc1nonc1C. The van der Waals surface area contributed by atoms with E-state index in [9.17, 15) is 4.79 Å². The molecule has 2 aromatic rings. The summed E-state index contributed by atoms with van der Waals surface area (Å²) in [4.78, 5) is 10.9. The maximum absolute atomic E-state index is 10.9. The molecule has 0 aromatic carbocycles. The van der Waals surface area contributed by atoms with E-state index in [1.54, 1.807) is 6.92 Å². The Hall–Kier alpha value is -2.52. The van der Waals surface area contributed by atoms with Crippen molar-refractivity contribution in [2.45, 2.75) is 20.4 Å². The summed E-state index contributed by atoms with van der Waals surface area (Å²) in [7, 11) is 0. The number of carbonyl (C=O) groups excluding carboxylic acids is 1. The minimum atomic E-state index is -0.247. The van der Waals surface area contributed by atoms with E-state index in [0.717, 1.165) is 0 Å². The topological polar surface area (TPSA) is 121 Å². The summed E-state index contributed by atoms with van der Waals surface area (Å²) in [6, 6.07) is 0. The minimum absolute atomic E-state index is 0.247. The van der Waals surface area contributed by atoms with Crippen LogP contribution in [0.25, 0.3) is 0 Å². The van der Waals surface area contributed by atoms with Gasteiger partial charge in [-0.3, -0.25) is 10.1 Å². The normalized spacial score (nSPS) is 10.3. The lowest BCUT2D eigenvalue weighted by molar-refractivity contribution is -0.114. The molecule has 0 aliphatic carbocycles. The highest BCUT2D eigenvalue weighted by atomic mass is 16.6. The minimum Gasteiger partial charge on any atom is -0.472 e. The number of tetrazole rings is 1. The monoisotopic (exact) mass is 253 g/mol. The van der Waals surface area contributed by atoms with E-state index in [4.69, 9.17) is 4.74 Å². The summed E-state index contributed by atoms with van der Waals surface area (Å²) in [5.41, 5.74) is 0.564. The summed E-state index contributed by atoms with van der Waals surface area (Å²) in [6.07, 6.45) is 0. The maximum atomic E-state index is 10.9. The first-order valence-electron chi connectivity index (χ1n) is 5.12. The van der Waals surface area contributed by atoms with Crippen molar-refractivity contribution in [3.05, 3.63) is 5.69 Å². The molecule has 1 amide bonds. The first kappa shape index (κ1) is 12.0. The first-order chi connectivity index (χ1) is 8.66. The average molecular weight is 253 g/mol. The van der Waals surface area contributed by atoms with Crippen LogP contribution >= 0.6 is 0 Å². The van der Waals surface area contributed by atoms with Gasteiger partial charge in [0.25, 0.3) is 5.88 Å². The van der Waals surface area contributed by atoms with E-state index in [-0.39, 0.29) is 18.5 Å². The van der Waals surface area contributed by atoms with Crippen molar-refractivity contribution in [3.63, 3.8) is 0 Å². The number of aryl methyl sites for hydroxylation is 1. The predicted molar refractivity (Wildman–Crippen MR) is 56.7 cm³/mol. The lowest BCUT2D eigenvalue weighted by atomic mass is 10.5. The van der Waals surface area contributed by atoms with Gasteiger partial charge in [0.05, 0.1) is 6.54 Å². The van der Waals surface area contributed by atoms with Gasteiger partial charge in [0, 0.05) is 6.92 Å². The van der Waals surface area contributed by atoms with Crippen molar-refractivity contribution in [3.8, 4) is 5.88 Å². The Morgan fingerprint density at radius 1 is 1.50 bits per heavy atom. The molecule has 0 radical (unpaired) electrons. The second kappa shape index (κ2) is 5.21. The molecular formula is C8H11N7O3. The third kappa shape index (κ3) is 2.78. The van der Waals surface area contributed by atoms with Crippen LogP contribution in [0, 0.1) is 6.92 Å².